The van der Waals surface area contributed by atoms with Gasteiger partial charge in [-0.15, -0.1) is 0 Å². The Kier molecular flexibility index (Phi) is 5.11. The van der Waals surface area contributed by atoms with Crippen LogP contribution in [0.5, 0.6) is 11.5 Å². The lowest BCUT2D eigenvalue weighted by Crippen LogP contribution is -2.45. The number of hydrogen-bond donors (Lipinski definition) is 1. The molecule has 3 rings (SSSR count). The summed E-state index contributed by atoms with van der Waals surface area (Å²) in [7, 11) is 3.16. The number of carbonyl (C=O) groups is 1. The van der Waals surface area contributed by atoms with Gasteiger partial charge < -0.3 is 24.3 Å². The van der Waals surface area contributed by atoms with Crippen molar-refractivity contribution in [3.63, 3.8) is 0 Å². The molecule has 1 aromatic heterocycles. The van der Waals surface area contributed by atoms with E-state index in [1.165, 1.54) is 0 Å². The molecule has 7 heteroatoms. The van der Waals surface area contributed by atoms with Gasteiger partial charge in [-0.1, -0.05) is 6.92 Å². The van der Waals surface area contributed by atoms with E-state index in [2.05, 4.69) is 21.8 Å². The lowest BCUT2D eigenvalue weighted by atomic mass is 9.93. The van der Waals surface area contributed by atoms with E-state index in [9.17, 15) is 4.79 Å². The van der Waals surface area contributed by atoms with Crippen LogP contribution in [-0.2, 0) is 0 Å². The van der Waals surface area contributed by atoms with Crippen molar-refractivity contribution in [2.75, 3.05) is 32.6 Å². The molecule has 0 radical (unpaired) electrons. The van der Waals surface area contributed by atoms with E-state index < -0.39 is 0 Å². The zero-order valence-electron chi connectivity index (χ0n) is 14.8. The van der Waals surface area contributed by atoms with E-state index in [0.717, 1.165) is 13.0 Å². The quantitative estimate of drug-likeness (QED) is 0.926. The first-order valence-electron chi connectivity index (χ1n) is 8.37. The second-order valence-electron chi connectivity index (χ2n) is 6.29. The number of nitrogens with one attached hydrogen (secondary N) is 1. The molecule has 0 aliphatic carbocycles. The molecular formula is C18H24N4O3. The Morgan fingerprint density at radius 3 is 2.76 bits per heavy atom. The minimum Gasteiger partial charge on any atom is -0.493 e. The second kappa shape index (κ2) is 7.46. The number of piperidine rings is 1. The molecule has 1 saturated heterocycles. The molecule has 2 aromatic rings. The van der Waals surface area contributed by atoms with Crippen molar-refractivity contribution < 1.29 is 14.3 Å². The number of anilines is 1. The maximum Gasteiger partial charge on any atom is 0.321 e. The van der Waals surface area contributed by atoms with Crippen molar-refractivity contribution in [2.45, 2.75) is 19.4 Å². The standard InChI is InChI=1S/C18H24N4O3/c1-13-6-8-21(11-15(13)22-9-7-19-12-22)18(23)20-14-4-5-16(24-2)17(10-14)25-3/h4-5,7,9-10,12-13,15H,6,8,11H2,1-3H3,(H,20,23). The van der Waals surface area contributed by atoms with Crippen LogP contribution in [0.25, 0.3) is 0 Å². The Hall–Kier alpha value is -2.70. The van der Waals surface area contributed by atoms with Crippen LogP contribution in [0.1, 0.15) is 19.4 Å². The number of amides is 2. The fourth-order valence-electron chi connectivity index (χ4n) is 3.20. The number of ether oxygens (including phenoxy) is 2. The van der Waals surface area contributed by atoms with Crippen molar-refractivity contribution in [2.24, 2.45) is 5.92 Å². The van der Waals surface area contributed by atoms with Crippen LogP contribution in [-0.4, -0.2) is 47.8 Å². The van der Waals surface area contributed by atoms with E-state index >= 15 is 0 Å². The molecule has 25 heavy (non-hydrogen) atoms. The Balaban J connectivity index is 1.69. The van der Waals surface area contributed by atoms with Gasteiger partial charge in [0, 0.05) is 37.2 Å². The highest BCUT2D eigenvalue weighted by Crippen LogP contribution is 2.31. The van der Waals surface area contributed by atoms with E-state index in [4.69, 9.17) is 9.47 Å². The molecule has 134 valence electrons. The summed E-state index contributed by atoms with van der Waals surface area (Å²) in [5.41, 5.74) is 0.681. The number of imidazole rings is 1. The fourth-order valence-corrected chi connectivity index (χ4v) is 3.20. The number of urea groups is 1. The van der Waals surface area contributed by atoms with Crippen molar-refractivity contribution in [1.82, 2.24) is 14.5 Å². The van der Waals surface area contributed by atoms with Crippen LogP contribution in [0, 0.1) is 5.92 Å². The van der Waals surface area contributed by atoms with Gasteiger partial charge in [0.05, 0.1) is 26.6 Å². The van der Waals surface area contributed by atoms with Gasteiger partial charge in [-0.2, -0.15) is 0 Å². The molecule has 2 heterocycles. The third-order valence-corrected chi connectivity index (χ3v) is 4.75. The minimum absolute atomic E-state index is 0.107. The number of methoxy groups -OCH3 is 2. The number of aromatic nitrogens is 2. The normalized spacial score (nSPS) is 20.2. The molecule has 1 fully saturated rings. The molecule has 1 aliphatic rings. The molecular weight excluding hydrogens is 320 g/mol. The molecule has 0 saturated carbocycles. The lowest BCUT2D eigenvalue weighted by Gasteiger charge is -2.37. The highest BCUT2D eigenvalue weighted by atomic mass is 16.5. The molecule has 1 aliphatic heterocycles. The number of likely N-dealkylation sites (tertiary alicyclic amines) is 1. The Morgan fingerprint density at radius 1 is 1.28 bits per heavy atom. The smallest absolute Gasteiger partial charge is 0.321 e. The fraction of sp³-hybridized carbons (Fsp3) is 0.444. The van der Waals surface area contributed by atoms with Crippen LogP contribution in [0.4, 0.5) is 10.5 Å². The topological polar surface area (TPSA) is 68.6 Å². The SMILES string of the molecule is COc1ccc(NC(=O)N2CCC(C)C(n3ccnc3)C2)cc1OC. The second-order valence-corrected chi connectivity index (χ2v) is 6.29. The maximum absolute atomic E-state index is 12.7. The first-order chi connectivity index (χ1) is 12.1. The molecule has 0 spiro atoms. The van der Waals surface area contributed by atoms with Gasteiger partial charge in [0.2, 0.25) is 0 Å². The zero-order valence-corrected chi connectivity index (χ0v) is 14.8. The third-order valence-electron chi connectivity index (χ3n) is 4.75. The summed E-state index contributed by atoms with van der Waals surface area (Å²) in [4.78, 5) is 18.6. The summed E-state index contributed by atoms with van der Waals surface area (Å²) in [5, 5.41) is 2.94. The molecule has 2 unspecified atom stereocenters. The number of carbonyl (C=O) groups excluding carboxylic acids is 1. The predicted molar refractivity (Wildman–Crippen MR) is 95.2 cm³/mol. The van der Waals surface area contributed by atoms with Gasteiger partial charge >= 0.3 is 6.03 Å². The Bertz CT molecular complexity index is 717. The van der Waals surface area contributed by atoms with Gasteiger partial charge in [-0.3, -0.25) is 0 Å². The van der Waals surface area contributed by atoms with Gasteiger partial charge in [0.1, 0.15) is 0 Å². The van der Waals surface area contributed by atoms with Crippen molar-refractivity contribution in [1.29, 1.82) is 0 Å². The van der Waals surface area contributed by atoms with Crippen LogP contribution >= 0.6 is 0 Å². The molecule has 0 bridgehead atoms. The van der Waals surface area contributed by atoms with Crippen LogP contribution < -0.4 is 14.8 Å². The molecule has 2 amide bonds. The largest absolute Gasteiger partial charge is 0.493 e. The van der Waals surface area contributed by atoms with E-state index in [0.29, 0.717) is 29.6 Å². The van der Waals surface area contributed by atoms with E-state index in [-0.39, 0.29) is 12.1 Å². The number of rotatable bonds is 4. The zero-order chi connectivity index (χ0) is 17.8. The van der Waals surface area contributed by atoms with Gasteiger partial charge in [-0.05, 0) is 24.5 Å². The average molecular weight is 344 g/mol. The minimum atomic E-state index is -0.107. The third kappa shape index (κ3) is 3.70. The van der Waals surface area contributed by atoms with Crippen molar-refractivity contribution >= 4 is 11.7 Å². The maximum atomic E-state index is 12.7. The first kappa shape index (κ1) is 17.1. The molecule has 1 N–H and O–H groups in total. The molecule has 7 nitrogen and oxygen atoms in total. The summed E-state index contributed by atoms with van der Waals surface area (Å²) in [5.74, 6) is 1.72. The van der Waals surface area contributed by atoms with E-state index in [1.807, 2.05) is 17.4 Å². The Morgan fingerprint density at radius 2 is 2.08 bits per heavy atom. The van der Waals surface area contributed by atoms with Gasteiger partial charge in [-0.25, -0.2) is 9.78 Å². The lowest BCUT2D eigenvalue weighted by molar-refractivity contribution is 0.149. The summed E-state index contributed by atoms with van der Waals surface area (Å²) in [6.07, 6.45) is 6.51. The number of benzene rings is 1. The number of hydrogen-bond acceptors (Lipinski definition) is 4. The first-order valence-corrected chi connectivity index (χ1v) is 8.37. The summed E-state index contributed by atoms with van der Waals surface area (Å²) in [6, 6.07) is 5.48. The molecule has 2 atom stereocenters. The summed E-state index contributed by atoms with van der Waals surface area (Å²) < 4.78 is 12.6. The summed E-state index contributed by atoms with van der Waals surface area (Å²) >= 11 is 0. The van der Waals surface area contributed by atoms with Crippen LogP contribution in [0.3, 0.4) is 0 Å². The predicted octanol–water partition coefficient (Wildman–Crippen LogP) is 3.02. The highest BCUT2D eigenvalue weighted by molar-refractivity contribution is 5.89. The van der Waals surface area contributed by atoms with Crippen LogP contribution in [0.15, 0.2) is 36.9 Å². The van der Waals surface area contributed by atoms with Gasteiger partial charge in [0.25, 0.3) is 0 Å². The average Bonchev–Trinajstić information content (AvgIpc) is 3.16. The van der Waals surface area contributed by atoms with Crippen molar-refractivity contribution in [3.8, 4) is 11.5 Å². The number of nitrogens with zero attached hydrogens (tertiary/aromatic N) is 3. The molecule has 1 aromatic carbocycles. The monoisotopic (exact) mass is 344 g/mol. The highest BCUT2D eigenvalue weighted by Gasteiger charge is 2.29. The van der Waals surface area contributed by atoms with Crippen LogP contribution in [0.2, 0.25) is 0 Å². The van der Waals surface area contributed by atoms with Crippen molar-refractivity contribution in [3.05, 3.63) is 36.9 Å². The van der Waals surface area contributed by atoms with Gasteiger partial charge in [0.15, 0.2) is 11.5 Å². The van der Waals surface area contributed by atoms with E-state index in [1.54, 1.807) is 38.6 Å². The Labute approximate surface area is 147 Å². The summed E-state index contributed by atoms with van der Waals surface area (Å²) in [6.45, 7) is 3.62.